The van der Waals surface area contributed by atoms with Gasteiger partial charge in [0.05, 0.1) is 0 Å². The van der Waals surface area contributed by atoms with Crippen molar-refractivity contribution in [1.29, 1.82) is 0 Å². The summed E-state index contributed by atoms with van der Waals surface area (Å²) < 4.78 is 0. The van der Waals surface area contributed by atoms with Crippen molar-refractivity contribution in [2.75, 3.05) is 6.54 Å². The highest BCUT2D eigenvalue weighted by molar-refractivity contribution is 5.90. The molecule has 1 aromatic rings. The third-order valence-electron chi connectivity index (χ3n) is 3.92. The second kappa shape index (κ2) is 6.92. The summed E-state index contributed by atoms with van der Waals surface area (Å²) in [5.74, 6) is -0.150. The lowest BCUT2D eigenvalue weighted by atomic mass is 10.0. The van der Waals surface area contributed by atoms with Crippen LogP contribution in [0.5, 0.6) is 0 Å². The monoisotopic (exact) mass is 303 g/mol. The molecular weight excluding hydrogens is 278 g/mol. The van der Waals surface area contributed by atoms with E-state index in [-0.39, 0.29) is 29.4 Å². The molecule has 1 saturated heterocycles. The van der Waals surface area contributed by atoms with Crippen LogP contribution in [-0.2, 0) is 9.59 Å². The molecule has 5 nitrogen and oxygen atoms in total. The van der Waals surface area contributed by atoms with Gasteiger partial charge in [-0.15, -0.1) is 0 Å². The van der Waals surface area contributed by atoms with Crippen molar-refractivity contribution in [3.63, 3.8) is 0 Å². The predicted molar refractivity (Wildman–Crippen MR) is 86.2 cm³/mol. The van der Waals surface area contributed by atoms with Gasteiger partial charge in [-0.3, -0.25) is 9.59 Å². The lowest BCUT2D eigenvalue weighted by molar-refractivity contribution is -0.125. The van der Waals surface area contributed by atoms with Gasteiger partial charge in [0.1, 0.15) is 6.04 Å². The molecule has 22 heavy (non-hydrogen) atoms. The number of benzene rings is 1. The van der Waals surface area contributed by atoms with Crippen LogP contribution in [0.4, 0.5) is 0 Å². The Morgan fingerprint density at radius 2 is 2.05 bits per heavy atom. The number of hydrogen-bond donors (Lipinski definition) is 3. The van der Waals surface area contributed by atoms with Gasteiger partial charge in [-0.1, -0.05) is 30.3 Å². The normalized spacial score (nSPS) is 19.6. The zero-order valence-electron chi connectivity index (χ0n) is 13.5. The van der Waals surface area contributed by atoms with Crippen molar-refractivity contribution in [3.05, 3.63) is 35.9 Å². The molecule has 3 N–H and O–H groups in total. The van der Waals surface area contributed by atoms with E-state index in [0.29, 0.717) is 19.4 Å². The molecule has 1 aliphatic rings. The Bertz CT molecular complexity index is 528. The highest BCUT2D eigenvalue weighted by Gasteiger charge is 2.28. The largest absolute Gasteiger partial charge is 0.352 e. The van der Waals surface area contributed by atoms with Gasteiger partial charge < -0.3 is 16.0 Å². The number of rotatable bonds is 6. The molecular formula is C17H25N3O2. The fourth-order valence-electron chi connectivity index (χ4n) is 2.70. The Kier molecular flexibility index (Phi) is 5.19. The molecule has 0 aromatic heterocycles. The molecule has 1 aromatic carbocycles. The average Bonchev–Trinajstić information content (AvgIpc) is 2.92. The molecule has 120 valence electrons. The minimum Gasteiger partial charge on any atom is -0.352 e. The Balaban J connectivity index is 1.83. The van der Waals surface area contributed by atoms with Crippen molar-refractivity contribution >= 4 is 11.8 Å². The topological polar surface area (TPSA) is 70.2 Å². The lowest BCUT2D eigenvalue weighted by Gasteiger charge is -2.31. The molecule has 0 aliphatic carbocycles. The summed E-state index contributed by atoms with van der Waals surface area (Å²) in [5.41, 5.74) is 0.970. The summed E-state index contributed by atoms with van der Waals surface area (Å²) in [5, 5.41) is 9.14. The van der Waals surface area contributed by atoms with Crippen LogP contribution >= 0.6 is 0 Å². The van der Waals surface area contributed by atoms with Crippen LogP contribution in [0.1, 0.15) is 45.2 Å². The maximum absolute atomic E-state index is 12.0. The summed E-state index contributed by atoms with van der Waals surface area (Å²) in [6.07, 6.45) is 1.02. The first-order valence-electron chi connectivity index (χ1n) is 7.77. The van der Waals surface area contributed by atoms with Crippen molar-refractivity contribution in [1.82, 2.24) is 16.0 Å². The van der Waals surface area contributed by atoms with Gasteiger partial charge in [0.25, 0.3) is 0 Å². The quantitative estimate of drug-likeness (QED) is 0.746. The van der Waals surface area contributed by atoms with Gasteiger partial charge >= 0.3 is 0 Å². The van der Waals surface area contributed by atoms with Crippen molar-refractivity contribution in [2.45, 2.75) is 51.2 Å². The number of nitrogens with one attached hydrogen (secondary N) is 3. The van der Waals surface area contributed by atoms with E-state index in [9.17, 15) is 9.59 Å². The van der Waals surface area contributed by atoms with Gasteiger partial charge in [0, 0.05) is 24.5 Å². The van der Waals surface area contributed by atoms with Gasteiger partial charge in [-0.2, -0.15) is 0 Å². The smallest absolute Gasteiger partial charge is 0.242 e. The highest BCUT2D eigenvalue weighted by atomic mass is 16.2. The van der Waals surface area contributed by atoms with E-state index in [0.717, 1.165) is 0 Å². The molecule has 0 bridgehead atoms. The van der Waals surface area contributed by atoms with E-state index in [1.165, 1.54) is 5.56 Å². The number of carbonyl (C=O) groups excluding carboxylic acids is 2. The average molecular weight is 303 g/mol. The second-order valence-corrected chi connectivity index (χ2v) is 6.54. The van der Waals surface area contributed by atoms with Crippen LogP contribution in [0, 0.1) is 0 Å². The Morgan fingerprint density at radius 1 is 1.36 bits per heavy atom. The van der Waals surface area contributed by atoms with E-state index in [1.54, 1.807) is 0 Å². The Labute approximate surface area is 131 Å². The van der Waals surface area contributed by atoms with E-state index < -0.39 is 0 Å². The molecule has 0 saturated carbocycles. The number of carbonyl (C=O) groups is 2. The van der Waals surface area contributed by atoms with Gasteiger partial charge in [-0.25, -0.2) is 0 Å². The van der Waals surface area contributed by atoms with Crippen LogP contribution < -0.4 is 16.0 Å². The van der Waals surface area contributed by atoms with Crippen LogP contribution in [0.15, 0.2) is 30.3 Å². The standard InChI is InChI=1S/C17H25N3O2/c1-12(13-7-5-4-6-8-13)20-17(2,3)11-18-16(22)14-9-10-15(21)19-14/h4-8,12,14,20H,9-11H2,1-3H3,(H,18,22)(H,19,21). The van der Waals surface area contributed by atoms with Crippen molar-refractivity contribution in [2.24, 2.45) is 0 Å². The molecule has 2 rings (SSSR count). The van der Waals surface area contributed by atoms with E-state index >= 15 is 0 Å². The molecule has 0 radical (unpaired) electrons. The van der Waals surface area contributed by atoms with E-state index in [2.05, 4.69) is 48.9 Å². The van der Waals surface area contributed by atoms with E-state index in [1.807, 2.05) is 18.2 Å². The highest BCUT2D eigenvalue weighted by Crippen LogP contribution is 2.16. The molecule has 2 atom stereocenters. The van der Waals surface area contributed by atoms with Crippen LogP contribution in [0.3, 0.4) is 0 Å². The second-order valence-electron chi connectivity index (χ2n) is 6.54. The summed E-state index contributed by atoms with van der Waals surface area (Å²) in [6, 6.07) is 10.0. The first kappa shape index (κ1) is 16.5. The molecule has 2 unspecified atom stereocenters. The Hall–Kier alpha value is -1.88. The predicted octanol–water partition coefficient (Wildman–Crippen LogP) is 1.51. The Morgan fingerprint density at radius 3 is 2.64 bits per heavy atom. The fraction of sp³-hybridized carbons (Fsp3) is 0.529. The zero-order valence-corrected chi connectivity index (χ0v) is 13.5. The first-order chi connectivity index (χ1) is 10.4. The maximum atomic E-state index is 12.0. The lowest BCUT2D eigenvalue weighted by Crippen LogP contribution is -2.52. The van der Waals surface area contributed by atoms with Crippen molar-refractivity contribution < 1.29 is 9.59 Å². The first-order valence-corrected chi connectivity index (χ1v) is 7.77. The summed E-state index contributed by atoms with van der Waals surface area (Å²) >= 11 is 0. The van der Waals surface area contributed by atoms with Crippen LogP contribution in [-0.4, -0.2) is 29.9 Å². The molecule has 1 fully saturated rings. The van der Waals surface area contributed by atoms with Gasteiger partial charge in [0.15, 0.2) is 0 Å². The summed E-state index contributed by atoms with van der Waals surface area (Å²) in [7, 11) is 0. The summed E-state index contributed by atoms with van der Waals surface area (Å²) in [6.45, 7) is 6.73. The van der Waals surface area contributed by atoms with Crippen LogP contribution in [0.2, 0.25) is 0 Å². The molecule has 1 aliphatic heterocycles. The molecule has 0 spiro atoms. The third kappa shape index (κ3) is 4.56. The van der Waals surface area contributed by atoms with Gasteiger partial charge in [0.2, 0.25) is 11.8 Å². The summed E-state index contributed by atoms with van der Waals surface area (Å²) in [4.78, 5) is 23.2. The van der Waals surface area contributed by atoms with Crippen molar-refractivity contribution in [3.8, 4) is 0 Å². The fourth-order valence-corrected chi connectivity index (χ4v) is 2.70. The van der Waals surface area contributed by atoms with Gasteiger partial charge in [-0.05, 0) is 32.8 Å². The molecule has 5 heteroatoms. The maximum Gasteiger partial charge on any atom is 0.242 e. The van der Waals surface area contributed by atoms with Crippen LogP contribution in [0.25, 0.3) is 0 Å². The third-order valence-corrected chi connectivity index (χ3v) is 3.92. The number of amides is 2. The van der Waals surface area contributed by atoms with E-state index in [4.69, 9.17) is 0 Å². The number of hydrogen-bond acceptors (Lipinski definition) is 3. The minimum atomic E-state index is -0.380. The SMILES string of the molecule is CC(NC(C)(C)CNC(=O)C1CCC(=O)N1)c1ccccc1. The molecule has 2 amide bonds. The molecule has 1 heterocycles. The minimum absolute atomic E-state index is 0.0461. The zero-order chi connectivity index (χ0) is 16.2.